The Morgan fingerprint density at radius 1 is 1.44 bits per heavy atom. The molecule has 0 bridgehead atoms. The minimum Gasteiger partial charge on any atom is -0.396 e. The molecule has 0 aromatic rings. The highest BCUT2D eigenvalue weighted by Gasteiger charge is 2.30. The number of carbonyl (C=O) groups is 1. The predicted molar refractivity (Wildman–Crippen MR) is 73.4 cm³/mol. The SMILES string of the molecule is CCCCCNC(=O)CN1CCCC(C)(CO)C1. The minimum atomic E-state index is -0.0270. The van der Waals surface area contributed by atoms with Crippen LogP contribution < -0.4 is 5.32 Å². The van der Waals surface area contributed by atoms with Gasteiger partial charge in [-0.05, 0) is 25.8 Å². The zero-order chi connectivity index (χ0) is 13.4. The number of rotatable bonds is 7. The third-order valence-electron chi connectivity index (χ3n) is 3.71. The van der Waals surface area contributed by atoms with Crippen molar-refractivity contribution in [2.45, 2.75) is 46.0 Å². The third kappa shape index (κ3) is 5.36. The molecule has 1 aliphatic heterocycles. The molecule has 0 radical (unpaired) electrons. The number of nitrogens with zero attached hydrogens (tertiary/aromatic N) is 1. The van der Waals surface area contributed by atoms with E-state index in [0.29, 0.717) is 6.54 Å². The van der Waals surface area contributed by atoms with Crippen molar-refractivity contribution in [3.05, 3.63) is 0 Å². The van der Waals surface area contributed by atoms with Gasteiger partial charge < -0.3 is 10.4 Å². The van der Waals surface area contributed by atoms with Crippen LogP contribution in [0, 0.1) is 5.41 Å². The van der Waals surface area contributed by atoms with Crippen LogP contribution >= 0.6 is 0 Å². The van der Waals surface area contributed by atoms with Gasteiger partial charge in [0.25, 0.3) is 0 Å². The van der Waals surface area contributed by atoms with Crippen LogP contribution in [0.5, 0.6) is 0 Å². The zero-order valence-electron chi connectivity index (χ0n) is 11.9. The summed E-state index contributed by atoms with van der Waals surface area (Å²) in [5.74, 6) is 0.119. The largest absolute Gasteiger partial charge is 0.396 e. The van der Waals surface area contributed by atoms with Crippen LogP contribution in [0.3, 0.4) is 0 Å². The Morgan fingerprint density at radius 3 is 2.89 bits per heavy atom. The molecule has 1 atom stereocenters. The molecule has 1 saturated heterocycles. The molecule has 1 rings (SSSR count). The molecule has 1 aliphatic rings. The molecule has 2 N–H and O–H groups in total. The molecule has 0 aromatic heterocycles. The summed E-state index contributed by atoms with van der Waals surface area (Å²) >= 11 is 0. The average Bonchev–Trinajstić information content (AvgIpc) is 2.35. The maximum atomic E-state index is 11.8. The molecule has 1 amide bonds. The normalized spacial score (nSPS) is 25.1. The Balaban J connectivity index is 2.23. The maximum Gasteiger partial charge on any atom is 0.234 e. The number of carbonyl (C=O) groups excluding carboxylic acids is 1. The van der Waals surface area contributed by atoms with E-state index >= 15 is 0 Å². The Hall–Kier alpha value is -0.610. The summed E-state index contributed by atoms with van der Waals surface area (Å²) in [6.07, 6.45) is 5.54. The maximum absolute atomic E-state index is 11.8. The lowest BCUT2D eigenvalue weighted by atomic mass is 9.83. The fraction of sp³-hybridized carbons (Fsp3) is 0.929. The smallest absolute Gasteiger partial charge is 0.234 e. The first-order valence-corrected chi connectivity index (χ1v) is 7.19. The summed E-state index contributed by atoms with van der Waals surface area (Å²) in [6, 6.07) is 0. The van der Waals surface area contributed by atoms with Crippen LogP contribution in [0.4, 0.5) is 0 Å². The molecule has 1 unspecified atom stereocenters. The summed E-state index contributed by atoms with van der Waals surface area (Å²) in [4.78, 5) is 13.9. The summed E-state index contributed by atoms with van der Waals surface area (Å²) in [7, 11) is 0. The van der Waals surface area contributed by atoms with Crippen molar-refractivity contribution in [3.8, 4) is 0 Å². The van der Waals surface area contributed by atoms with Gasteiger partial charge in [0, 0.05) is 25.1 Å². The summed E-state index contributed by atoms with van der Waals surface area (Å²) in [5.41, 5.74) is -0.0270. The van der Waals surface area contributed by atoms with Crippen molar-refractivity contribution in [3.63, 3.8) is 0 Å². The second kappa shape index (κ2) is 7.74. The van der Waals surface area contributed by atoms with Gasteiger partial charge in [-0.15, -0.1) is 0 Å². The molecule has 0 saturated carbocycles. The van der Waals surface area contributed by atoms with Crippen molar-refractivity contribution in [2.24, 2.45) is 5.41 Å². The van der Waals surface area contributed by atoms with E-state index in [-0.39, 0.29) is 17.9 Å². The Bertz CT molecular complexity index is 258. The highest BCUT2D eigenvalue weighted by atomic mass is 16.3. The van der Waals surface area contributed by atoms with Gasteiger partial charge in [-0.1, -0.05) is 26.7 Å². The number of nitrogens with one attached hydrogen (secondary N) is 1. The number of likely N-dealkylation sites (tertiary alicyclic amines) is 1. The van der Waals surface area contributed by atoms with E-state index in [1.54, 1.807) is 0 Å². The molecule has 0 aliphatic carbocycles. The standard InChI is InChI=1S/C14H28N2O2/c1-3-4-5-8-15-13(18)10-16-9-6-7-14(2,11-16)12-17/h17H,3-12H2,1-2H3,(H,15,18). The lowest BCUT2D eigenvalue weighted by molar-refractivity contribution is -0.123. The Kier molecular flexibility index (Phi) is 6.65. The molecule has 1 fully saturated rings. The number of aliphatic hydroxyl groups is 1. The third-order valence-corrected chi connectivity index (χ3v) is 3.71. The van der Waals surface area contributed by atoms with Gasteiger partial charge in [-0.2, -0.15) is 0 Å². The monoisotopic (exact) mass is 256 g/mol. The number of hydrogen-bond donors (Lipinski definition) is 2. The van der Waals surface area contributed by atoms with Crippen LogP contribution in [0.2, 0.25) is 0 Å². The van der Waals surface area contributed by atoms with Gasteiger partial charge in [0.05, 0.1) is 6.54 Å². The fourth-order valence-electron chi connectivity index (χ4n) is 2.55. The van der Waals surface area contributed by atoms with E-state index in [2.05, 4.69) is 24.1 Å². The lowest BCUT2D eigenvalue weighted by Crippen LogP contribution is -2.47. The molecule has 1 heterocycles. The molecular weight excluding hydrogens is 228 g/mol. The molecule has 18 heavy (non-hydrogen) atoms. The van der Waals surface area contributed by atoms with E-state index in [4.69, 9.17) is 0 Å². The number of aliphatic hydroxyl groups excluding tert-OH is 1. The van der Waals surface area contributed by atoms with Gasteiger partial charge in [0.15, 0.2) is 0 Å². The average molecular weight is 256 g/mol. The number of hydrogen-bond acceptors (Lipinski definition) is 3. The van der Waals surface area contributed by atoms with Crippen LogP contribution in [0.15, 0.2) is 0 Å². The highest BCUT2D eigenvalue weighted by Crippen LogP contribution is 2.28. The van der Waals surface area contributed by atoms with Crippen molar-refractivity contribution in [1.29, 1.82) is 0 Å². The summed E-state index contributed by atoms with van der Waals surface area (Å²) in [5, 5.41) is 12.3. The zero-order valence-corrected chi connectivity index (χ0v) is 11.9. The van der Waals surface area contributed by atoms with E-state index < -0.39 is 0 Å². The van der Waals surface area contributed by atoms with E-state index in [0.717, 1.165) is 38.9 Å². The van der Waals surface area contributed by atoms with Gasteiger partial charge in [0.2, 0.25) is 5.91 Å². The van der Waals surface area contributed by atoms with Crippen LogP contribution in [-0.2, 0) is 4.79 Å². The first-order valence-electron chi connectivity index (χ1n) is 7.19. The molecule has 0 aromatic carbocycles. The van der Waals surface area contributed by atoms with Gasteiger partial charge in [0.1, 0.15) is 0 Å². The van der Waals surface area contributed by atoms with E-state index in [9.17, 15) is 9.90 Å². The van der Waals surface area contributed by atoms with Gasteiger partial charge >= 0.3 is 0 Å². The van der Waals surface area contributed by atoms with Crippen molar-refractivity contribution in [2.75, 3.05) is 32.8 Å². The lowest BCUT2D eigenvalue weighted by Gasteiger charge is -2.38. The van der Waals surface area contributed by atoms with Crippen LogP contribution in [0.1, 0.15) is 46.0 Å². The number of amides is 1. The molecule has 4 heteroatoms. The quantitative estimate of drug-likeness (QED) is 0.677. The molecule has 106 valence electrons. The first-order chi connectivity index (χ1) is 8.59. The van der Waals surface area contributed by atoms with E-state index in [1.165, 1.54) is 12.8 Å². The second-order valence-electron chi connectivity index (χ2n) is 5.84. The minimum absolute atomic E-state index is 0.0270. The molecular formula is C14H28N2O2. The van der Waals surface area contributed by atoms with Crippen molar-refractivity contribution in [1.82, 2.24) is 10.2 Å². The van der Waals surface area contributed by atoms with Crippen LogP contribution in [-0.4, -0.2) is 48.7 Å². The Labute approximate surface area is 111 Å². The second-order valence-corrected chi connectivity index (χ2v) is 5.84. The predicted octanol–water partition coefficient (Wildman–Crippen LogP) is 1.39. The first kappa shape index (κ1) is 15.4. The fourth-order valence-corrected chi connectivity index (χ4v) is 2.55. The molecule has 0 spiro atoms. The van der Waals surface area contributed by atoms with Crippen molar-refractivity contribution < 1.29 is 9.90 Å². The topological polar surface area (TPSA) is 52.6 Å². The van der Waals surface area contributed by atoms with E-state index in [1.807, 2.05) is 0 Å². The van der Waals surface area contributed by atoms with Gasteiger partial charge in [-0.25, -0.2) is 0 Å². The van der Waals surface area contributed by atoms with Crippen LogP contribution in [0.25, 0.3) is 0 Å². The number of unbranched alkanes of at least 4 members (excludes halogenated alkanes) is 2. The van der Waals surface area contributed by atoms with Gasteiger partial charge in [-0.3, -0.25) is 9.69 Å². The molecule has 4 nitrogen and oxygen atoms in total. The van der Waals surface area contributed by atoms with Crippen molar-refractivity contribution >= 4 is 5.91 Å². The summed E-state index contributed by atoms with van der Waals surface area (Å²) in [6.45, 7) is 7.52. The Morgan fingerprint density at radius 2 is 2.22 bits per heavy atom. The number of piperidine rings is 1. The summed E-state index contributed by atoms with van der Waals surface area (Å²) < 4.78 is 0. The highest BCUT2D eigenvalue weighted by molar-refractivity contribution is 5.77.